The second-order valence-electron chi connectivity index (χ2n) is 12.7. The molecule has 3 saturated heterocycles. The number of likely N-dealkylation sites (tertiary alicyclic amines) is 1. The van der Waals surface area contributed by atoms with Crippen LogP contribution in [0.3, 0.4) is 0 Å². The van der Waals surface area contributed by atoms with Crippen molar-refractivity contribution in [3.05, 3.63) is 0 Å². The molecule has 8 nitrogen and oxygen atoms in total. The van der Waals surface area contributed by atoms with Crippen LogP contribution in [0.15, 0.2) is 0 Å². The number of fused-ring (bicyclic) bond motifs is 1. The molecule has 3 fully saturated rings. The Balaban J connectivity index is 1.99. The Morgan fingerprint density at radius 2 is 1.80 bits per heavy atom. The van der Waals surface area contributed by atoms with Gasteiger partial charge in [0.05, 0.1) is 17.4 Å². The van der Waals surface area contributed by atoms with E-state index in [4.69, 9.17) is 4.74 Å². The number of rotatable bonds is 11. The summed E-state index contributed by atoms with van der Waals surface area (Å²) in [6.45, 7) is 15.4. The molecule has 2 bridgehead atoms. The number of carbonyl (C=O) groups is 3. The van der Waals surface area contributed by atoms with Crippen molar-refractivity contribution in [3.63, 3.8) is 0 Å². The minimum atomic E-state index is -0.998. The highest BCUT2D eigenvalue weighted by molar-refractivity contribution is 5.99. The normalized spacial score (nSPS) is 32.2. The van der Waals surface area contributed by atoms with Crippen LogP contribution in [-0.4, -0.2) is 70.2 Å². The van der Waals surface area contributed by atoms with Crippen LogP contribution >= 0.6 is 0 Å². The van der Waals surface area contributed by atoms with Crippen molar-refractivity contribution in [2.24, 2.45) is 17.3 Å². The van der Waals surface area contributed by atoms with Gasteiger partial charge in [0, 0.05) is 25.2 Å². The SMILES string of the molecule is CCCNC(=O)[C@H]1[C@H]2C(=O)N(CCCCO)C(C(=O)NC(C)(C)CC(C)(C)C)C23CC[C@]1(CC)O3. The number of aliphatic hydroxyl groups excluding tert-OH is 1. The van der Waals surface area contributed by atoms with Crippen LogP contribution in [0.2, 0.25) is 0 Å². The maximum Gasteiger partial charge on any atom is 0.246 e. The van der Waals surface area contributed by atoms with Gasteiger partial charge in [-0.05, 0) is 64.2 Å². The van der Waals surface area contributed by atoms with E-state index in [2.05, 4.69) is 31.4 Å². The van der Waals surface area contributed by atoms with Crippen LogP contribution in [0.5, 0.6) is 0 Å². The fraction of sp³-hybridized carbons (Fsp3) is 0.889. The van der Waals surface area contributed by atoms with Gasteiger partial charge >= 0.3 is 0 Å². The van der Waals surface area contributed by atoms with Crippen molar-refractivity contribution >= 4 is 17.7 Å². The predicted octanol–water partition coefficient (Wildman–Crippen LogP) is 2.77. The molecule has 3 amide bonds. The molecular weight excluding hydrogens is 446 g/mol. The first-order chi connectivity index (χ1) is 16.3. The molecule has 0 aromatic heterocycles. The lowest BCUT2D eigenvalue weighted by molar-refractivity contribution is -0.148. The van der Waals surface area contributed by atoms with Gasteiger partial charge in [0.15, 0.2) is 0 Å². The molecule has 0 aromatic carbocycles. The van der Waals surface area contributed by atoms with Crippen molar-refractivity contribution in [1.82, 2.24) is 15.5 Å². The van der Waals surface area contributed by atoms with Gasteiger partial charge in [-0.25, -0.2) is 0 Å². The van der Waals surface area contributed by atoms with Crippen molar-refractivity contribution in [1.29, 1.82) is 0 Å². The van der Waals surface area contributed by atoms with Crippen molar-refractivity contribution in [2.75, 3.05) is 19.7 Å². The van der Waals surface area contributed by atoms with E-state index in [-0.39, 0.29) is 29.7 Å². The molecule has 35 heavy (non-hydrogen) atoms. The van der Waals surface area contributed by atoms with E-state index in [1.165, 1.54) is 0 Å². The predicted molar refractivity (Wildman–Crippen MR) is 134 cm³/mol. The number of nitrogens with zero attached hydrogens (tertiary/aromatic N) is 1. The molecule has 0 aromatic rings. The first kappa shape index (κ1) is 27.9. The lowest BCUT2D eigenvalue weighted by atomic mass is 9.65. The third-order valence-corrected chi connectivity index (χ3v) is 8.00. The third-order valence-electron chi connectivity index (χ3n) is 8.00. The van der Waals surface area contributed by atoms with E-state index in [1.54, 1.807) is 4.90 Å². The lowest BCUT2D eigenvalue weighted by Crippen LogP contribution is -2.59. The van der Waals surface area contributed by atoms with E-state index >= 15 is 0 Å². The van der Waals surface area contributed by atoms with E-state index in [9.17, 15) is 19.5 Å². The fourth-order valence-corrected chi connectivity index (χ4v) is 7.18. The quantitative estimate of drug-likeness (QED) is 0.384. The van der Waals surface area contributed by atoms with Gasteiger partial charge in [0.1, 0.15) is 11.6 Å². The summed E-state index contributed by atoms with van der Waals surface area (Å²) < 4.78 is 6.76. The summed E-state index contributed by atoms with van der Waals surface area (Å²) in [4.78, 5) is 42.9. The molecule has 3 aliphatic rings. The zero-order valence-electron chi connectivity index (χ0n) is 22.8. The summed E-state index contributed by atoms with van der Waals surface area (Å²) >= 11 is 0. The molecule has 2 unspecified atom stereocenters. The second-order valence-corrected chi connectivity index (χ2v) is 12.7. The molecule has 0 saturated carbocycles. The first-order valence-corrected chi connectivity index (χ1v) is 13.5. The number of carbonyl (C=O) groups excluding carboxylic acids is 3. The number of hydrogen-bond donors (Lipinski definition) is 3. The van der Waals surface area contributed by atoms with Gasteiger partial charge in [-0.1, -0.05) is 34.6 Å². The summed E-state index contributed by atoms with van der Waals surface area (Å²) in [5.41, 5.74) is -2.17. The summed E-state index contributed by atoms with van der Waals surface area (Å²) in [5.74, 6) is -1.77. The minimum absolute atomic E-state index is 0.0148. The standard InChI is InChI=1S/C27H47N3O5/c1-8-14-28-21(32)18-19-23(34)30(15-10-11-16-31)20(27(19)13-12-26(18,9-2)35-27)22(33)29-25(6,7)17-24(3,4)5/h18-20,31H,8-17H2,1-7H3,(H,28,32)(H,29,33)/t18-,19+,20?,26+,27?/m1/s1. The summed E-state index contributed by atoms with van der Waals surface area (Å²) in [6.07, 6.45) is 4.59. The van der Waals surface area contributed by atoms with E-state index in [1.807, 2.05) is 27.7 Å². The molecule has 3 rings (SSSR count). The maximum absolute atomic E-state index is 14.0. The average Bonchev–Trinajstić information content (AvgIpc) is 3.34. The lowest BCUT2D eigenvalue weighted by Gasteiger charge is -2.38. The van der Waals surface area contributed by atoms with Gasteiger partial charge < -0.3 is 25.4 Å². The number of hydrogen-bond acceptors (Lipinski definition) is 5. The number of aliphatic hydroxyl groups is 1. The molecule has 0 aliphatic carbocycles. The van der Waals surface area contributed by atoms with Gasteiger partial charge in [-0.15, -0.1) is 0 Å². The first-order valence-electron chi connectivity index (χ1n) is 13.5. The number of amides is 3. The Morgan fingerprint density at radius 3 is 2.37 bits per heavy atom. The summed E-state index contributed by atoms with van der Waals surface area (Å²) in [6, 6.07) is -0.782. The molecule has 0 radical (unpaired) electrons. The average molecular weight is 494 g/mol. The van der Waals surface area contributed by atoms with E-state index in [0.717, 1.165) is 12.8 Å². The second kappa shape index (κ2) is 10.0. The molecule has 3 N–H and O–H groups in total. The van der Waals surface area contributed by atoms with Gasteiger partial charge in [0.25, 0.3) is 0 Å². The molecule has 8 heteroatoms. The molecule has 3 aliphatic heterocycles. The Labute approximate surface area is 210 Å². The van der Waals surface area contributed by atoms with Gasteiger partial charge in [0.2, 0.25) is 17.7 Å². The summed E-state index contributed by atoms with van der Waals surface area (Å²) in [7, 11) is 0. The van der Waals surface area contributed by atoms with Crippen molar-refractivity contribution in [2.45, 2.75) is 116 Å². The Hall–Kier alpha value is -1.67. The maximum atomic E-state index is 14.0. The van der Waals surface area contributed by atoms with Crippen LogP contribution in [0.1, 0.15) is 93.4 Å². The van der Waals surface area contributed by atoms with E-state index in [0.29, 0.717) is 45.2 Å². The van der Waals surface area contributed by atoms with Crippen molar-refractivity contribution in [3.8, 4) is 0 Å². The molecular formula is C27H47N3O5. The smallest absolute Gasteiger partial charge is 0.246 e. The summed E-state index contributed by atoms with van der Waals surface area (Å²) in [5, 5.41) is 15.5. The zero-order valence-corrected chi connectivity index (χ0v) is 22.8. The topological polar surface area (TPSA) is 108 Å². The minimum Gasteiger partial charge on any atom is -0.396 e. The number of nitrogens with one attached hydrogen (secondary N) is 2. The van der Waals surface area contributed by atoms with E-state index < -0.39 is 34.6 Å². The number of unbranched alkanes of at least 4 members (excludes halogenated alkanes) is 1. The Kier molecular flexibility index (Phi) is 7.98. The molecule has 3 heterocycles. The monoisotopic (exact) mass is 493 g/mol. The third kappa shape index (κ3) is 5.10. The van der Waals surface area contributed by atoms with Crippen LogP contribution in [0.25, 0.3) is 0 Å². The van der Waals surface area contributed by atoms with Gasteiger partial charge in [-0.3, -0.25) is 14.4 Å². The highest BCUT2D eigenvalue weighted by Crippen LogP contribution is 2.64. The number of ether oxygens (including phenoxy) is 1. The van der Waals surface area contributed by atoms with Crippen LogP contribution in [-0.2, 0) is 19.1 Å². The highest BCUT2D eigenvalue weighted by Gasteiger charge is 2.78. The van der Waals surface area contributed by atoms with Crippen LogP contribution in [0, 0.1) is 17.3 Å². The highest BCUT2D eigenvalue weighted by atomic mass is 16.5. The molecule has 1 spiro atoms. The Bertz CT molecular complexity index is 822. The van der Waals surface area contributed by atoms with Crippen molar-refractivity contribution < 1.29 is 24.2 Å². The molecule has 200 valence electrons. The fourth-order valence-electron chi connectivity index (χ4n) is 7.18. The Morgan fingerprint density at radius 1 is 1.11 bits per heavy atom. The van der Waals surface area contributed by atoms with Gasteiger partial charge in [-0.2, -0.15) is 0 Å². The zero-order chi connectivity index (χ0) is 26.2. The van der Waals surface area contributed by atoms with Crippen LogP contribution in [0.4, 0.5) is 0 Å². The molecule has 5 atom stereocenters. The van der Waals surface area contributed by atoms with Crippen LogP contribution < -0.4 is 10.6 Å². The largest absolute Gasteiger partial charge is 0.396 e.